The van der Waals surface area contributed by atoms with Crippen molar-refractivity contribution in [3.8, 4) is 5.75 Å². The number of hydrogen-bond donors (Lipinski definition) is 0. The number of benzene rings is 2. The quantitative estimate of drug-likeness (QED) is 0.298. The fraction of sp³-hybridized carbons (Fsp3) is 0.320. The average Bonchev–Trinajstić information content (AvgIpc) is 3.01. The van der Waals surface area contributed by atoms with E-state index in [0.29, 0.717) is 35.4 Å². The summed E-state index contributed by atoms with van der Waals surface area (Å²) in [7, 11) is 0. The van der Waals surface area contributed by atoms with Crippen LogP contribution in [-0.2, 0) is 16.2 Å². The topological polar surface area (TPSA) is 66.9 Å². The average molecular weight is 611 g/mol. The van der Waals surface area contributed by atoms with Crippen LogP contribution >= 0.6 is 46.0 Å². The van der Waals surface area contributed by atoms with E-state index < -0.39 is 11.1 Å². The second-order valence-electron chi connectivity index (χ2n) is 8.13. The third-order valence-electron chi connectivity index (χ3n) is 5.72. The molecule has 0 saturated carbocycles. The largest absolute Gasteiger partial charge is 0.488 e. The van der Waals surface area contributed by atoms with Gasteiger partial charge in [0.1, 0.15) is 18.9 Å². The Hall–Kier alpha value is -2.04. The van der Waals surface area contributed by atoms with E-state index in [-0.39, 0.29) is 12.5 Å². The first-order valence-corrected chi connectivity index (χ1v) is 13.4. The van der Waals surface area contributed by atoms with Gasteiger partial charge in [-0.3, -0.25) is 19.3 Å². The van der Waals surface area contributed by atoms with Crippen LogP contribution < -0.4 is 4.74 Å². The van der Waals surface area contributed by atoms with Crippen LogP contribution in [0.15, 0.2) is 47.4 Å². The summed E-state index contributed by atoms with van der Waals surface area (Å²) in [5.41, 5.74) is 1.67. The lowest BCUT2D eigenvalue weighted by Crippen LogP contribution is -2.42. The summed E-state index contributed by atoms with van der Waals surface area (Å²) in [4.78, 5) is 41.1. The Morgan fingerprint density at radius 3 is 2.53 bits per heavy atom. The number of amides is 3. The highest BCUT2D eigenvalue weighted by molar-refractivity contribution is 14.1. The lowest BCUT2D eigenvalue weighted by Gasteiger charge is -2.22. The van der Waals surface area contributed by atoms with Gasteiger partial charge in [0, 0.05) is 23.7 Å². The molecule has 0 aromatic heterocycles. The van der Waals surface area contributed by atoms with Crippen molar-refractivity contribution < 1.29 is 19.1 Å². The van der Waals surface area contributed by atoms with Gasteiger partial charge >= 0.3 is 0 Å². The maximum atomic E-state index is 12.9. The molecule has 0 spiro atoms. The van der Waals surface area contributed by atoms with Crippen molar-refractivity contribution in [1.29, 1.82) is 0 Å². The summed E-state index contributed by atoms with van der Waals surface area (Å²) in [5.74, 6) is 0.112. The minimum atomic E-state index is -0.424. The van der Waals surface area contributed by atoms with E-state index in [0.717, 1.165) is 57.0 Å². The zero-order valence-corrected chi connectivity index (χ0v) is 22.2. The third kappa shape index (κ3) is 6.14. The van der Waals surface area contributed by atoms with Gasteiger partial charge in [-0.2, -0.15) is 0 Å². The van der Waals surface area contributed by atoms with Crippen molar-refractivity contribution in [3.05, 3.63) is 67.1 Å². The maximum absolute atomic E-state index is 12.9. The summed E-state index contributed by atoms with van der Waals surface area (Å²) < 4.78 is 6.77. The van der Waals surface area contributed by atoms with E-state index in [4.69, 9.17) is 16.3 Å². The van der Waals surface area contributed by atoms with Crippen molar-refractivity contribution in [2.24, 2.45) is 0 Å². The highest BCUT2D eigenvalue weighted by Gasteiger charge is 2.37. The molecule has 2 heterocycles. The van der Waals surface area contributed by atoms with Crippen LogP contribution in [0.2, 0.25) is 5.02 Å². The van der Waals surface area contributed by atoms with Crippen LogP contribution in [0, 0.1) is 3.57 Å². The molecule has 0 radical (unpaired) electrons. The van der Waals surface area contributed by atoms with Crippen LogP contribution in [0.25, 0.3) is 6.08 Å². The molecule has 2 aromatic rings. The van der Waals surface area contributed by atoms with Crippen molar-refractivity contribution in [2.45, 2.75) is 32.3 Å². The first kappa shape index (κ1) is 25.1. The maximum Gasteiger partial charge on any atom is 0.294 e. The molecule has 0 atom stereocenters. The predicted octanol–water partition coefficient (Wildman–Crippen LogP) is 5.96. The van der Waals surface area contributed by atoms with Gasteiger partial charge in [-0.15, -0.1) is 0 Å². The van der Waals surface area contributed by atoms with Gasteiger partial charge in [0.2, 0.25) is 5.91 Å². The SMILES string of the molecule is O=C(CN1C(=O)SC(=Cc2ccc(OCc3ccccc3Cl)c(I)c2)C1=O)N1CCCCCC1. The van der Waals surface area contributed by atoms with Crippen LogP contribution in [-0.4, -0.2) is 46.5 Å². The zero-order chi connectivity index (χ0) is 24.1. The van der Waals surface area contributed by atoms with E-state index in [1.807, 2.05) is 42.5 Å². The molecular weight excluding hydrogens is 587 g/mol. The molecule has 6 nitrogen and oxygen atoms in total. The van der Waals surface area contributed by atoms with Gasteiger partial charge in [-0.05, 0) is 77.0 Å². The van der Waals surface area contributed by atoms with Crippen LogP contribution in [0.4, 0.5) is 4.79 Å². The van der Waals surface area contributed by atoms with Crippen LogP contribution in [0.1, 0.15) is 36.8 Å². The Morgan fingerprint density at radius 1 is 1.09 bits per heavy atom. The smallest absolute Gasteiger partial charge is 0.294 e. The number of ether oxygens (including phenoxy) is 1. The second kappa shape index (κ2) is 11.6. The molecule has 0 N–H and O–H groups in total. The number of imide groups is 1. The standard InChI is InChI=1S/C25H24ClIN2O4S/c26-19-8-4-3-7-18(19)16-33-21-10-9-17(13-20(21)27)14-22-24(31)29(25(32)34-22)15-23(30)28-11-5-1-2-6-12-28/h3-4,7-10,13-14H,1-2,5-6,11-12,15-16H2. The molecule has 178 valence electrons. The molecule has 0 unspecified atom stereocenters. The second-order valence-corrected chi connectivity index (χ2v) is 10.7. The summed E-state index contributed by atoms with van der Waals surface area (Å²) in [6.07, 6.45) is 5.82. The number of carbonyl (C=O) groups excluding carboxylic acids is 3. The fourth-order valence-electron chi connectivity index (χ4n) is 3.84. The lowest BCUT2D eigenvalue weighted by molar-refractivity contribution is -0.135. The molecule has 2 aliphatic heterocycles. The summed E-state index contributed by atoms with van der Waals surface area (Å²) in [6.45, 7) is 1.52. The van der Waals surface area contributed by atoms with Gasteiger partial charge in [0.05, 0.1) is 8.48 Å². The molecule has 2 aliphatic rings. The van der Waals surface area contributed by atoms with Crippen LogP contribution in [0.5, 0.6) is 5.75 Å². The van der Waals surface area contributed by atoms with Gasteiger partial charge in [0.15, 0.2) is 0 Å². The Morgan fingerprint density at radius 2 is 1.82 bits per heavy atom. The number of rotatable bonds is 6. The molecule has 3 amide bonds. The number of hydrogen-bond acceptors (Lipinski definition) is 5. The Balaban J connectivity index is 1.40. The van der Waals surface area contributed by atoms with Crippen molar-refractivity contribution in [2.75, 3.05) is 19.6 Å². The van der Waals surface area contributed by atoms with E-state index in [1.54, 1.807) is 11.0 Å². The molecule has 34 heavy (non-hydrogen) atoms. The first-order valence-electron chi connectivity index (χ1n) is 11.1. The van der Waals surface area contributed by atoms with Gasteiger partial charge in [-0.25, -0.2) is 0 Å². The molecule has 4 rings (SSSR count). The highest BCUT2D eigenvalue weighted by Crippen LogP contribution is 2.33. The number of halogens is 2. The molecule has 0 bridgehead atoms. The summed E-state index contributed by atoms with van der Waals surface area (Å²) in [6, 6.07) is 13.1. The normalized spacial score (nSPS) is 17.9. The van der Waals surface area contributed by atoms with Crippen molar-refractivity contribution in [1.82, 2.24) is 9.80 Å². The zero-order valence-electron chi connectivity index (χ0n) is 18.5. The van der Waals surface area contributed by atoms with E-state index >= 15 is 0 Å². The fourth-order valence-corrected chi connectivity index (χ4v) is 5.56. The molecule has 9 heteroatoms. The summed E-state index contributed by atoms with van der Waals surface area (Å²) in [5, 5.41) is 0.244. The molecule has 2 saturated heterocycles. The minimum Gasteiger partial charge on any atom is -0.488 e. The van der Waals surface area contributed by atoms with E-state index in [1.165, 1.54) is 0 Å². The van der Waals surface area contributed by atoms with Crippen molar-refractivity contribution in [3.63, 3.8) is 0 Å². The number of nitrogens with zero attached hydrogens (tertiary/aromatic N) is 2. The third-order valence-corrected chi connectivity index (χ3v) is 7.84. The van der Waals surface area contributed by atoms with E-state index in [2.05, 4.69) is 22.6 Å². The highest BCUT2D eigenvalue weighted by atomic mass is 127. The van der Waals surface area contributed by atoms with E-state index in [9.17, 15) is 14.4 Å². The number of likely N-dealkylation sites (tertiary alicyclic amines) is 1. The van der Waals surface area contributed by atoms with Crippen molar-refractivity contribution >= 4 is 69.1 Å². The summed E-state index contributed by atoms with van der Waals surface area (Å²) >= 11 is 9.23. The molecule has 0 aliphatic carbocycles. The van der Waals surface area contributed by atoms with Gasteiger partial charge < -0.3 is 9.64 Å². The molecular formula is C25H24ClIN2O4S. The molecule has 2 aromatic carbocycles. The van der Waals surface area contributed by atoms with Gasteiger partial charge in [-0.1, -0.05) is 48.7 Å². The van der Waals surface area contributed by atoms with Gasteiger partial charge in [0.25, 0.3) is 11.1 Å². The Labute approximate surface area is 221 Å². The Kier molecular flexibility index (Phi) is 8.55. The predicted molar refractivity (Wildman–Crippen MR) is 143 cm³/mol. The van der Waals surface area contributed by atoms with Crippen LogP contribution in [0.3, 0.4) is 0 Å². The monoisotopic (exact) mass is 610 g/mol. The minimum absolute atomic E-state index is 0.167. The number of carbonyl (C=O) groups is 3. The number of thioether (sulfide) groups is 1. The first-order chi connectivity index (χ1) is 16.4. The Bertz CT molecular complexity index is 1130. The molecule has 2 fully saturated rings. The lowest BCUT2D eigenvalue weighted by atomic mass is 10.2.